The molecule has 1 saturated heterocycles. The summed E-state index contributed by atoms with van der Waals surface area (Å²) in [6.07, 6.45) is 0. The molecule has 2 aliphatic heterocycles. The van der Waals surface area contributed by atoms with Gasteiger partial charge < -0.3 is 10.1 Å². The van der Waals surface area contributed by atoms with E-state index < -0.39 is 34.4 Å². The van der Waals surface area contributed by atoms with Gasteiger partial charge in [0.25, 0.3) is 11.9 Å². The summed E-state index contributed by atoms with van der Waals surface area (Å²) in [6, 6.07) is 14.2. The van der Waals surface area contributed by atoms with E-state index in [1.807, 2.05) is 0 Å². The summed E-state index contributed by atoms with van der Waals surface area (Å²) in [5.74, 6) is -1.31. The van der Waals surface area contributed by atoms with Gasteiger partial charge in [-0.05, 0) is 48.4 Å². The third-order valence-electron chi connectivity index (χ3n) is 6.67. The fourth-order valence-electron chi connectivity index (χ4n) is 5.20. The van der Waals surface area contributed by atoms with Gasteiger partial charge in [0, 0.05) is 22.2 Å². The lowest BCUT2D eigenvalue weighted by Gasteiger charge is -2.25. The minimum absolute atomic E-state index is 0.109. The number of nitro groups is 1. The van der Waals surface area contributed by atoms with Crippen molar-refractivity contribution in [1.29, 1.82) is 0 Å². The Labute approximate surface area is 210 Å². The topological polar surface area (TPSA) is 93.5 Å². The summed E-state index contributed by atoms with van der Waals surface area (Å²) in [4.78, 5) is 25.2. The summed E-state index contributed by atoms with van der Waals surface area (Å²) in [6.45, 7) is 1.91. The summed E-state index contributed by atoms with van der Waals surface area (Å²) in [5, 5.41) is 18.8. The molecule has 1 amide bonds. The lowest BCUT2D eigenvalue weighted by atomic mass is 9.78. The quantitative estimate of drug-likeness (QED) is 0.356. The maximum Gasteiger partial charge on any atom is 0.256 e. The number of nitrogens with zero attached hydrogens (tertiary/aromatic N) is 1. The number of anilines is 1. The van der Waals surface area contributed by atoms with E-state index in [1.165, 1.54) is 12.1 Å². The van der Waals surface area contributed by atoms with Crippen molar-refractivity contribution >= 4 is 34.8 Å². The Hall–Kier alpha value is -3.20. The molecule has 0 radical (unpaired) electrons. The number of hydrogen-bond acceptors (Lipinski definition) is 5. The van der Waals surface area contributed by atoms with E-state index in [0.29, 0.717) is 16.8 Å². The van der Waals surface area contributed by atoms with Crippen molar-refractivity contribution in [3.8, 4) is 5.75 Å². The standard InChI is InChI=1S/C25H20Cl2FN3O4/c1-13-21(23(31(33)34)25(30-13)17-4-2-3-5-20(17)29-24(25)32)15-10-18(26)22(19(27)11-15)35-12-14-6-8-16(28)9-7-14/h2-11,13,21,23,30H,12H2,1H3,(H,29,32)/t13-,21+,23-,25-/m0/s1. The fraction of sp³-hybridized carbons (Fsp3) is 0.240. The number of hydrogen-bond donors (Lipinski definition) is 2. The van der Waals surface area contributed by atoms with Gasteiger partial charge >= 0.3 is 0 Å². The Morgan fingerprint density at radius 3 is 2.43 bits per heavy atom. The number of nitrogens with one attached hydrogen (secondary N) is 2. The minimum Gasteiger partial charge on any atom is -0.486 e. The second-order valence-corrected chi connectivity index (χ2v) is 9.54. The molecule has 7 nitrogen and oxygen atoms in total. The van der Waals surface area contributed by atoms with E-state index in [9.17, 15) is 19.3 Å². The molecule has 0 aliphatic carbocycles. The summed E-state index contributed by atoms with van der Waals surface area (Å²) < 4.78 is 18.9. The van der Waals surface area contributed by atoms with Crippen LogP contribution in [0.3, 0.4) is 0 Å². The lowest BCUT2D eigenvalue weighted by Crippen LogP contribution is -2.54. The van der Waals surface area contributed by atoms with Crippen molar-refractivity contribution in [3.63, 3.8) is 0 Å². The van der Waals surface area contributed by atoms with Gasteiger partial charge in [0.15, 0.2) is 11.3 Å². The van der Waals surface area contributed by atoms with Gasteiger partial charge in [-0.1, -0.05) is 53.5 Å². The van der Waals surface area contributed by atoms with E-state index in [1.54, 1.807) is 55.5 Å². The highest BCUT2D eigenvalue weighted by molar-refractivity contribution is 6.37. The van der Waals surface area contributed by atoms with Gasteiger partial charge in [0.1, 0.15) is 12.4 Å². The fourth-order valence-corrected chi connectivity index (χ4v) is 5.81. The number of carbonyl (C=O) groups is 1. The van der Waals surface area contributed by atoms with Crippen molar-refractivity contribution < 1.29 is 18.8 Å². The molecule has 1 spiro atoms. The smallest absolute Gasteiger partial charge is 0.256 e. The van der Waals surface area contributed by atoms with Gasteiger partial charge in [-0.3, -0.25) is 20.2 Å². The Balaban J connectivity index is 1.50. The molecule has 2 aliphatic rings. The van der Waals surface area contributed by atoms with Gasteiger partial charge in [-0.15, -0.1) is 0 Å². The van der Waals surface area contributed by atoms with Gasteiger partial charge in [0.2, 0.25) is 0 Å². The average Bonchev–Trinajstić information content (AvgIpc) is 3.28. The molecule has 0 bridgehead atoms. The molecule has 2 heterocycles. The molecule has 2 N–H and O–H groups in total. The van der Waals surface area contributed by atoms with E-state index in [2.05, 4.69) is 10.6 Å². The first-order chi connectivity index (χ1) is 16.7. The third kappa shape index (κ3) is 3.82. The number of para-hydroxylation sites is 1. The average molecular weight is 516 g/mol. The predicted octanol–water partition coefficient (Wildman–Crippen LogP) is 5.28. The molecule has 35 heavy (non-hydrogen) atoms. The van der Waals surface area contributed by atoms with Crippen LogP contribution >= 0.6 is 23.2 Å². The van der Waals surface area contributed by atoms with Crippen LogP contribution in [0, 0.1) is 15.9 Å². The molecule has 0 unspecified atom stereocenters. The number of fused-ring (bicyclic) bond motifs is 2. The SMILES string of the molecule is C[C@@H]1N[C@]2(C(=O)Nc3ccccc32)[C@@H]([N+](=O)[O-])[C@H]1c1cc(Cl)c(OCc2ccc(F)cc2)c(Cl)c1. The zero-order valence-electron chi connectivity index (χ0n) is 18.4. The van der Waals surface area contributed by atoms with Crippen LogP contribution in [0.25, 0.3) is 0 Å². The summed E-state index contributed by atoms with van der Waals surface area (Å²) in [5.41, 5.74) is 0.797. The number of carbonyl (C=O) groups excluding carboxylic acids is 1. The lowest BCUT2D eigenvalue weighted by molar-refractivity contribution is -0.532. The number of rotatable bonds is 5. The number of benzene rings is 3. The van der Waals surface area contributed by atoms with E-state index in [0.717, 1.165) is 5.56 Å². The molecular weight excluding hydrogens is 496 g/mol. The van der Waals surface area contributed by atoms with Crippen LogP contribution in [0.2, 0.25) is 10.0 Å². The minimum atomic E-state index is -1.53. The Kier molecular flexibility index (Phi) is 5.91. The molecule has 1 fully saturated rings. The normalized spacial score (nSPS) is 24.9. The number of halogens is 3. The molecule has 4 atom stereocenters. The highest BCUT2D eigenvalue weighted by atomic mass is 35.5. The molecule has 180 valence electrons. The van der Waals surface area contributed by atoms with Gasteiger partial charge in [-0.25, -0.2) is 4.39 Å². The molecule has 10 heteroatoms. The van der Waals surface area contributed by atoms with E-state index in [-0.39, 0.29) is 28.2 Å². The zero-order chi connectivity index (χ0) is 24.9. The van der Waals surface area contributed by atoms with Gasteiger partial charge in [0.05, 0.1) is 16.0 Å². The van der Waals surface area contributed by atoms with Crippen LogP contribution in [0.1, 0.15) is 29.5 Å². The maximum atomic E-state index is 13.1. The molecule has 0 saturated carbocycles. The monoisotopic (exact) mass is 515 g/mol. The first-order valence-electron chi connectivity index (χ1n) is 10.9. The summed E-state index contributed by atoms with van der Waals surface area (Å²) in [7, 11) is 0. The first kappa shape index (κ1) is 23.5. The van der Waals surface area contributed by atoms with Gasteiger partial charge in [-0.2, -0.15) is 0 Å². The maximum absolute atomic E-state index is 13.1. The second kappa shape index (κ2) is 8.78. The van der Waals surface area contributed by atoms with Crippen molar-refractivity contribution in [2.75, 3.05) is 5.32 Å². The van der Waals surface area contributed by atoms with Crippen LogP contribution in [0.5, 0.6) is 5.75 Å². The molecule has 5 rings (SSSR count). The largest absolute Gasteiger partial charge is 0.486 e. The number of amides is 1. The van der Waals surface area contributed by atoms with E-state index >= 15 is 0 Å². The first-order valence-corrected chi connectivity index (χ1v) is 11.7. The Bertz CT molecular complexity index is 1310. The highest BCUT2D eigenvalue weighted by Crippen LogP contribution is 2.50. The predicted molar refractivity (Wildman–Crippen MR) is 130 cm³/mol. The second-order valence-electron chi connectivity index (χ2n) is 8.73. The van der Waals surface area contributed by atoms with Crippen LogP contribution in [0.15, 0.2) is 60.7 Å². The van der Waals surface area contributed by atoms with Crippen molar-refractivity contribution in [2.45, 2.75) is 37.1 Å². The molecule has 0 aromatic heterocycles. The van der Waals surface area contributed by atoms with Crippen LogP contribution < -0.4 is 15.4 Å². The Morgan fingerprint density at radius 2 is 1.77 bits per heavy atom. The molecule has 3 aromatic carbocycles. The third-order valence-corrected chi connectivity index (χ3v) is 7.23. The Morgan fingerprint density at radius 1 is 1.11 bits per heavy atom. The highest BCUT2D eigenvalue weighted by Gasteiger charge is 2.67. The van der Waals surface area contributed by atoms with Crippen LogP contribution in [-0.2, 0) is 16.9 Å². The molecular formula is C25H20Cl2FN3O4. The van der Waals surface area contributed by atoms with E-state index in [4.69, 9.17) is 27.9 Å². The molecule has 3 aromatic rings. The van der Waals surface area contributed by atoms with Crippen LogP contribution in [-0.4, -0.2) is 22.9 Å². The zero-order valence-corrected chi connectivity index (χ0v) is 19.9. The van der Waals surface area contributed by atoms with Crippen molar-refractivity contribution in [1.82, 2.24) is 5.32 Å². The summed E-state index contributed by atoms with van der Waals surface area (Å²) >= 11 is 13.0. The number of ether oxygens (including phenoxy) is 1. The van der Waals surface area contributed by atoms with Crippen LogP contribution in [0.4, 0.5) is 10.1 Å². The van der Waals surface area contributed by atoms with Crippen molar-refractivity contribution in [3.05, 3.63) is 103 Å². The van der Waals surface area contributed by atoms with Crippen molar-refractivity contribution in [2.24, 2.45) is 0 Å².